The van der Waals surface area contributed by atoms with Crippen molar-refractivity contribution in [3.8, 4) is 0 Å². The first-order chi connectivity index (χ1) is 5.90. The van der Waals surface area contributed by atoms with Crippen molar-refractivity contribution >= 4 is 22.6 Å². The monoisotopic (exact) mass is 273 g/mol. The van der Waals surface area contributed by atoms with Gasteiger partial charge in [-0.25, -0.2) is 0 Å². The molecule has 0 fully saturated rings. The number of hydrogen-bond donors (Lipinski definition) is 0. The number of benzene rings is 1. The predicted octanol–water partition coefficient (Wildman–Crippen LogP) is 2.44. The summed E-state index contributed by atoms with van der Waals surface area (Å²) in [6.07, 6.45) is 1.22. The molecular formula is C10H12IN. The fourth-order valence-corrected chi connectivity index (χ4v) is 2.24. The maximum absolute atomic E-state index is 2.48. The van der Waals surface area contributed by atoms with Gasteiger partial charge >= 0.3 is 0 Å². The summed E-state index contributed by atoms with van der Waals surface area (Å²) in [5.41, 5.74) is 3.05. The molecular weight excluding hydrogens is 261 g/mol. The SMILES string of the molecule is ICN1CCc2ccccc2C1. The molecule has 12 heavy (non-hydrogen) atoms. The quantitative estimate of drug-likeness (QED) is 0.431. The van der Waals surface area contributed by atoms with E-state index < -0.39 is 0 Å². The second-order valence-electron chi connectivity index (χ2n) is 3.19. The second-order valence-corrected chi connectivity index (χ2v) is 3.87. The van der Waals surface area contributed by atoms with Gasteiger partial charge in [0.1, 0.15) is 0 Å². The lowest BCUT2D eigenvalue weighted by Gasteiger charge is -2.26. The Labute approximate surface area is 86.9 Å². The van der Waals surface area contributed by atoms with Crippen LogP contribution in [-0.2, 0) is 13.0 Å². The molecule has 1 aliphatic heterocycles. The minimum atomic E-state index is 1.14. The Bertz CT molecular complexity index is 272. The molecule has 0 radical (unpaired) electrons. The summed E-state index contributed by atoms with van der Waals surface area (Å²) in [5, 5.41) is 0. The van der Waals surface area contributed by atoms with Gasteiger partial charge in [0.25, 0.3) is 0 Å². The Balaban J connectivity index is 2.23. The van der Waals surface area contributed by atoms with Crippen LogP contribution in [0.15, 0.2) is 24.3 Å². The summed E-state index contributed by atoms with van der Waals surface area (Å²) >= 11 is 2.43. The lowest BCUT2D eigenvalue weighted by atomic mass is 10.0. The molecule has 0 aliphatic carbocycles. The molecule has 0 aromatic heterocycles. The zero-order valence-corrected chi connectivity index (χ0v) is 9.12. The molecule has 0 saturated heterocycles. The molecule has 0 saturated carbocycles. The van der Waals surface area contributed by atoms with E-state index in [1.807, 2.05) is 0 Å². The molecule has 1 heterocycles. The number of nitrogens with zero attached hydrogens (tertiary/aromatic N) is 1. The molecule has 0 bridgehead atoms. The Morgan fingerprint density at radius 2 is 2.00 bits per heavy atom. The number of hydrogen-bond acceptors (Lipinski definition) is 1. The van der Waals surface area contributed by atoms with E-state index in [4.69, 9.17) is 0 Å². The van der Waals surface area contributed by atoms with Crippen LogP contribution < -0.4 is 0 Å². The summed E-state index contributed by atoms with van der Waals surface area (Å²) in [5.74, 6) is 0. The molecule has 0 atom stereocenters. The van der Waals surface area contributed by atoms with E-state index in [2.05, 4.69) is 51.8 Å². The molecule has 1 aliphatic rings. The average molecular weight is 273 g/mol. The van der Waals surface area contributed by atoms with E-state index in [-0.39, 0.29) is 0 Å². The molecule has 0 unspecified atom stereocenters. The van der Waals surface area contributed by atoms with Gasteiger partial charge in [-0.3, -0.25) is 4.90 Å². The van der Waals surface area contributed by atoms with Crippen LogP contribution in [0.5, 0.6) is 0 Å². The van der Waals surface area contributed by atoms with Crippen LogP contribution in [0.3, 0.4) is 0 Å². The summed E-state index contributed by atoms with van der Waals surface area (Å²) in [4.78, 5) is 2.48. The lowest BCUT2D eigenvalue weighted by molar-refractivity contribution is 0.306. The summed E-state index contributed by atoms with van der Waals surface area (Å²) in [7, 11) is 0. The molecule has 2 heteroatoms. The van der Waals surface area contributed by atoms with Crippen molar-refractivity contribution in [2.45, 2.75) is 13.0 Å². The third kappa shape index (κ3) is 1.64. The van der Waals surface area contributed by atoms with Gasteiger partial charge in [0.05, 0.1) is 4.55 Å². The average Bonchev–Trinajstić information content (AvgIpc) is 2.17. The van der Waals surface area contributed by atoms with E-state index in [1.54, 1.807) is 5.56 Å². The highest BCUT2D eigenvalue weighted by atomic mass is 127. The zero-order chi connectivity index (χ0) is 8.39. The zero-order valence-electron chi connectivity index (χ0n) is 6.96. The van der Waals surface area contributed by atoms with Crippen molar-refractivity contribution in [1.29, 1.82) is 0 Å². The molecule has 1 aromatic rings. The highest BCUT2D eigenvalue weighted by Crippen LogP contribution is 2.18. The first-order valence-corrected chi connectivity index (χ1v) is 5.78. The first-order valence-electron chi connectivity index (χ1n) is 4.25. The summed E-state index contributed by atoms with van der Waals surface area (Å²) < 4.78 is 1.14. The van der Waals surface area contributed by atoms with Crippen molar-refractivity contribution in [1.82, 2.24) is 4.90 Å². The van der Waals surface area contributed by atoms with Gasteiger partial charge in [0.2, 0.25) is 0 Å². The van der Waals surface area contributed by atoms with Gasteiger partial charge in [0.15, 0.2) is 0 Å². The van der Waals surface area contributed by atoms with Crippen LogP contribution in [0.1, 0.15) is 11.1 Å². The summed E-state index contributed by atoms with van der Waals surface area (Å²) in [6, 6.07) is 8.77. The van der Waals surface area contributed by atoms with E-state index in [1.165, 1.54) is 18.5 Å². The maximum atomic E-state index is 2.48. The van der Waals surface area contributed by atoms with Crippen molar-refractivity contribution in [3.05, 3.63) is 35.4 Å². The van der Waals surface area contributed by atoms with Crippen molar-refractivity contribution in [3.63, 3.8) is 0 Å². The first kappa shape index (κ1) is 8.51. The number of halogens is 1. The molecule has 64 valence electrons. The summed E-state index contributed by atoms with van der Waals surface area (Å²) in [6.45, 7) is 2.36. The number of fused-ring (bicyclic) bond motifs is 1. The molecule has 0 spiro atoms. The van der Waals surface area contributed by atoms with E-state index in [0.29, 0.717) is 0 Å². The Morgan fingerprint density at radius 3 is 2.75 bits per heavy atom. The fourth-order valence-electron chi connectivity index (χ4n) is 1.66. The topological polar surface area (TPSA) is 3.24 Å². The predicted molar refractivity (Wildman–Crippen MR) is 59.4 cm³/mol. The smallest absolute Gasteiger partial charge is 0.0509 e. The molecule has 2 rings (SSSR count). The van der Waals surface area contributed by atoms with Gasteiger partial charge < -0.3 is 0 Å². The van der Waals surface area contributed by atoms with Crippen LogP contribution in [0.2, 0.25) is 0 Å². The molecule has 0 amide bonds. The maximum Gasteiger partial charge on any atom is 0.0509 e. The Kier molecular flexibility index (Phi) is 2.66. The third-order valence-electron chi connectivity index (χ3n) is 2.38. The lowest BCUT2D eigenvalue weighted by Crippen LogP contribution is -2.28. The highest BCUT2D eigenvalue weighted by molar-refractivity contribution is 14.1. The normalized spacial score (nSPS) is 17.4. The van der Waals surface area contributed by atoms with E-state index in [0.717, 1.165) is 11.1 Å². The number of alkyl halides is 1. The van der Waals surface area contributed by atoms with Crippen molar-refractivity contribution < 1.29 is 0 Å². The number of rotatable bonds is 1. The van der Waals surface area contributed by atoms with Gasteiger partial charge in [-0.2, -0.15) is 0 Å². The van der Waals surface area contributed by atoms with E-state index in [9.17, 15) is 0 Å². The van der Waals surface area contributed by atoms with Crippen molar-refractivity contribution in [2.75, 3.05) is 11.1 Å². The van der Waals surface area contributed by atoms with Gasteiger partial charge in [-0.05, 0) is 17.5 Å². The van der Waals surface area contributed by atoms with Crippen LogP contribution in [0.4, 0.5) is 0 Å². The third-order valence-corrected chi connectivity index (χ3v) is 3.34. The van der Waals surface area contributed by atoms with E-state index >= 15 is 0 Å². The molecule has 1 aromatic carbocycles. The Hall–Kier alpha value is -0.0900. The van der Waals surface area contributed by atoms with Crippen LogP contribution in [0, 0.1) is 0 Å². The van der Waals surface area contributed by atoms with Gasteiger partial charge in [-0.15, -0.1) is 0 Å². The van der Waals surface area contributed by atoms with Crippen LogP contribution in [0.25, 0.3) is 0 Å². The van der Waals surface area contributed by atoms with Crippen LogP contribution in [-0.4, -0.2) is 16.0 Å². The minimum absolute atomic E-state index is 1.14. The largest absolute Gasteiger partial charge is 0.290 e. The minimum Gasteiger partial charge on any atom is -0.290 e. The standard InChI is InChI=1S/C10H12IN/c11-8-12-6-5-9-3-1-2-4-10(9)7-12/h1-4H,5-8H2. The molecule has 1 nitrogen and oxygen atoms in total. The van der Waals surface area contributed by atoms with Gasteiger partial charge in [0, 0.05) is 13.1 Å². The highest BCUT2D eigenvalue weighted by Gasteiger charge is 2.13. The fraction of sp³-hybridized carbons (Fsp3) is 0.400. The second kappa shape index (κ2) is 3.75. The molecule has 0 N–H and O–H groups in total. The van der Waals surface area contributed by atoms with Crippen molar-refractivity contribution in [2.24, 2.45) is 0 Å². The Morgan fingerprint density at radius 1 is 1.25 bits per heavy atom. The van der Waals surface area contributed by atoms with Crippen LogP contribution >= 0.6 is 22.6 Å². The van der Waals surface area contributed by atoms with Gasteiger partial charge in [-0.1, -0.05) is 46.9 Å².